The smallest absolute Gasteiger partial charge is 0.269 e. The van der Waals surface area contributed by atoms with Crippen molar-refractivity contribution < 1.29 is 22.9 Å². The molecule has 0 aromatic heterocycles. The summed E-state index contributed by atoms with van der Waals surface area (Å²) >= 11 is 0. The monoisotopic (exact) mass is 637 g/mol. The first kappa shape index (κ1) is 32.4. The minimum atomic E-state index is -4.33. The summed E-state index contributed by atoms with van der Waals surface area (Å²) in [6.45, 7) is 3.33. The largest absolute Gasteiger partial charge is 0.341 e. The number of nitrogens with zero attached hydrogens (tertiary/aromatic N) is 3. The molecule has 0 radical (unpaired) electrons. The van der Waals surface area contributed by atoms with E-state index in [1.54, 1.807) is 38.2 Å². The molecule has 13 heteroatoms. The Morgan fingerprint density at radius 3 is 2.30 bits per heavy atom. The van der Waals surface area contributed by atoms with Crippen LogP contribution in [-0.4, -0.2) is 50.8 Å². The molecule has 0 bridgehead atoms. The molecule has 0 fully saturated rings. The van der Waals surface area contributed by atoms with Crippen LogP contribution in [0.2, 0.25) is 0 Å². The van der Waals surface area contributed by atoms with Crippen LogP contribution in [0.1, 0.15) is 18.1 Å². The van der Waals surface area contributed by atoms with Gasteiger partial charge < -0.3 is 15.5 Å². The van der Waals surface area contributed by atoms with E-state index in [9.17, 15) is 28.1 Å². The van der Waals surface area contributed by atoms with Gasteiger partial charge in [0, 0.05) is 12.1 Å². The molecule has 0 unspecified atom stereocenters. The average Bonchev–Trinajstić information content (AvgIpc) is 3.12. The lowest BCUT2D eigenvalue weighted by atomic mass is 9.99. The predicted octanol–water partition coefficient (Wildman–Crippen LogP) is 4.31. The molecular formula is C31H32ClN5O6S. The van der Waals surface area contributed by atoms with Gasteiger partial charge in [-0.15, -0.1) is 12.4 Å². The van der Waals surface area contributed by atoms with Crippen LogP contribution in [0.15, 0.2) is 89.8 Å². The van der Waals surface area contributed by atoms with Crippen LogP contribution in [0.4, 0.5) is 17.1 Å². The molecule has 2 atom stereocenters. The Kier molecular flexibility index (Phi) is 9.57. The number of nitro groups is 1. The number of rotatable bonds is 8. The van der Waals surface area contributed by atoms with Crippen LogP contribution in [0, 0.1) is 17.0 Å². The zero-order valence-electron chi connectivity index (χ0n) is 24.3. The summed E-state index contributed by atoms with van der Waals surface area (Å²) in [5.74, 6) is -0.946. The Morgan fingerprint density at radius 2 is 1.64 bits per heavy atom. The fourth-order valence-corrected chi connectivity index (χ4v) is 6.65. The number of anilines is 2. The van der Waals surface area contributed by atoms with E-state index in [0.29, 0.717) is 5.69 Å². The lowest BCUT2D eigenvalue weighted by molar-refractivity contribution is -0.384. The summed E-state index contributed by atoms with van der Waals surface area (Å²) in [6.07, 6.45) is 0. The Hall–Kier alpha value is -4.52. The predicted molar refractivity (Wildman–Crippen MR) is 172 cm³/mol. The highest BCUT2D eigenvalue weighted by Gasteiger charge is 2.40. The molecule has 4 aromatic carbocycles. The van der Waals surface area contributed by atoms with Crippen molar-refractivity contribution in [1.29, 1.82) is 0 Å². The minimum absolute atomic E-state index is 0. The number of non-ortho nitro benzene ring substituents is 1. The molecule has 4 aromatic rings. The van der Waals surface area contributed by atoms with Crippen molar-refractivity contribution in [3.05, 3.63) is 106 Å². The minimum Gasteiger partial charge on any atom is -0.341 e. The van der Waals surface area contributed by atoms with Crippen molar-refractivity contribution in [3.8, 4) is 0 Å². The molecule has 1 heterocycles. The number of carbonyl (C=O) groups is 2. The summed E-state index contributed by atoms with van der Waals surface area (Å²) in [5, 5.41) is 18.7. The zero-order chi connectivity index (χ0) is 30.9. The van der Waals surface area contributed by atoms with Crippen LogP contribution in [-0.2, 0) is 26.2 Å². The van der Waals surface area contributed by atoms with E-state index in [4.69, 9.17) is 0 Å². The third-order valence-corrected chi connectivity index (χ3v) is 9.52. The van der Waals surface area contributed by atoms with Crippen molar-refractivity contribution in [2.24, 2.45) is 0 Å². The molecule has 44 heavy (non-hydrogen) atoms. The third-order valence-electron chi connectivity index (χ3n) is 7.72. The first-order valence-corrected chi connectivity index (χ1v) is 15.1. The lowest BCUT2D eigenvalue weighted by Crippen LogP contribution is -2.55. The van der Waals surface area contributed by atoms with E-state index in [0.717, 1.165) is 50.5 Å². The number of para-hydroxylation sites is 2. The van der Waals surface area contributed by atoms with E-state index < -0.39 is 38.8 Å². The summed E-state index contributed by atoms with van der Waals surface area (Å²) in [7, 11) is -2.73. The lowest BCUT2D eigenvalue weighted by Gasteiger charge is -2.27. The summed E-state index contributed by atoms with van der Waals surface area (Å²) < 4.78 is 29.3. The average molecular weight is 638 g/mol. The zero-order valence-corrected chi connectivity index (χ0v) is 25.9. The molecule has 2 amide bonds. The number of hydrogen-bond acceptors (Lipinski definition) is 7. The van der Waals surface area contributed by atoms with Gasteiger partial charge in [0.1, 0.15) is 6.04 Å². The van der Waals surface area contributed by atoms with E-state index in [-0.39, 0.29) is 41.8 Å². The van der Waals surface area contributed by atoms with Gasteiger partial charge in [-0.1, -0.05) is 48.5 Å². The van der Waals surface area contributed by atoms with E-state index >= 15 is 0 Å². The first-order valence-electron chi connectivity index (χ1n) is 13.7. The molecule has 1 aliphatic rings. The fraction of sp³-hybridized carbons (Fsp3) is 0.226. The number of fused-ring (bicyclic) bond motifs is 2. The SMILES string of the molecule is CN[C@@H](C)C(=O)N[C@H]1CN(S(=O)(=O)c2ccc([N+](=O)[O-])cc2)c2ccccc2N(Cc2c(C)ccc3ccccc23)C1=O.Cl. The number of carbonyl (C=O) groups excluding carboxylic acids is 2. The van der Waals surface area contributed by atoms with Gasteiger partial charge in [-0.3, -0.25) is 24.0 Å². The first-order chi connectivity index (χ1) is 20.5. The third kappa shape index (κ3) is 6.09. The van der Waals surface area contributed by atoms with Crippen molar-refractivity contribution in [2.75, 3.05) is 22.8 Å². The number of nitro benzene ring substituents is 1. The summed E-state index contributed by atoms with van der Waals surface area (Å²) in [5.41, 5.74) is 2.18. The van der Waals surface area contributed by atoms with Crippen molar-refractivity contribution in [2.45, 2.75) is 37.4 Å². The quantitative estimate of drug-likeness (QED) is 0.217. The highest BCUT2D eigenvalue weighted by molar-refractivity contribution is 7.92. The molecule has 11 nitrogen and oxygen atoms in total. The Balaban J connectivity index is 0.00000442. The summed E-state index contributed by atoms with van der Waals surface area (Å²) in [4.78, 5) is 39.2. The number of amides is 2. The van der Waals surface area contributed by atoms with Crippen LogP contribution < -0.4 is 19.8 Å². The topological polar surface area (TPSA) is 142 Å². The second-order valence-electron chi connectivity index (χ2n) is 10.4. The van der Waals surface area contributed by atoms with Gasteiger partial charge in [0.25, 0.3) is 21.6 Å². The second-order valence-corrected chi connectivity index (χ2v) is 12.2. The molecule has 2 N–H and O–H groups in total. The van der Waals surface area contributed by atoms with Crippen LogP contribution in [0.25, 0.3) is 10.8 Å². The molecular weight excluding hydrogens is 606 g/mol. The molecule has 1 aliphatic heterocycles. The van der Waals surface area contributed by atoms with Gasteiger partial charge in [-0.25, -0.2) is 8.42 Å². The molecule has 0 saturated carbocycles. The van der Waals surface area contributed by atoms with Gasteiger partial charge in [-0.05, 0) is 67.1 Å². The number of benzene rings is 4. The van der Waals surface area contributed by atoms with Crippen LogP contribution in [0.5, 0.6) is 0 Å². The van der Waals surface area contributed by atoms with E-state index in [1.807, 2.05) is 43.3 Å². The number of halogens is 1. The van der Waals surface area contributed by atoms with Crippen molar-refractivity contribution in [3.63, 3.8) is 0 Å². The Bertz CT molecular complexity index is 1830. The van der Waals surface area contributed by atoms with Crippen molar-refractivity contribution in [1.82, 2.24) is 10.6 Å². The van der Waals surface area contributed by atoms with Gasteiger partial charge >= 0.3 is 0 Å². The van der Waals surface area contributed by atoms with Crippen LogP contribution >= 0.6 is 12.4 Å². The fourth-order valence-electron chi connectivity index (χ4n) is 5.16. The molecule has 0 spiro atoms. The maximum absolute atomic E-state index is 14.3. The number of aryl methyl sites for hydroxylation is 1. The molecule has 5 rings (SSSR count). The maximum atomic E-state index is 14.3. The highest BCUT2D eigenvalue weighted by atomic mass is 35.5. The number of sulfonamides is 1. The molecule has 0 saturated heterocycles. The number of nitrogens with one attached hydrogen (secondary N) is 2. The van der Waals surface area contributed by atoms with Gasteiger partial charge in [0.05, 0.1) is 40.3 Å². The van der Waals surface area contributed by atoms with E-state index in [2.05, 4.69) is 10.6 Å². The Labute approximate surface area is 261 Å². The normalized spacial score (nSPS) is 15.6. The standard InChI is InChI=1S/C31H31N5O6S.ClH/c1-20-12-13-22-8-4-5-9-25(22)26(20)18-34-28-10-6-7-11-29(28)35(19-27(31(34)38)33-30(37)21(2)32-3)43(41,42)24-16-14-23(15-17-24)36(39)40;/h4-17,21,27,32H,18-19H2,1-3H3,(H,33,37);1H/t21-,27-;/m0./s1. The number of hydrogen-bond donors (Lipinski definition) is 2. The molecule has 230 valence electrons. The van der Waals surface area contributed by atoms with Gasteiger partial charge in [-0.2, -0.15) is 0 Å². The number of likely N-dealkylation sites (N-methyl/N-ethyl adjacent to an activating group) is 1. The van der Waals surface area contributed by atoms with Gasteiger partial charge in [0.15, 0.2) is 0 Å². The summed E-state index contributed by atoms with van der Waals surface area (Å²) in [6, 6.07) is 21.1. The van der Waals surface area contributed by atoms with Crippen molar-refractivity contribution >= 4 is 62.1 Å². The maximum Gasteiger partial charge on any atom is 0.269 e. The Morgan fingerprint density at radius 1 is 1.00 bits per heavy atom. The van der Waals surface area contributed by atoms with E-state index in [1.165, 1.54) is 4.90 Å². The van der Waals surface area contributed by atoms with Crippen LogP contribution in [0.3, 0.4) is 0 Å². The second kappa shape index (κ2) is 13.0. The highest BCUT2D eigenvalue weighted by Crippen LogP contribution is 2.38. The molecule has 0 aliphatic carbocycles. The van der Waals surface area contributed by atoms with Gasteiger partial charge in [0.2, 0.25) is 5.91 Å².